The zero-order chi connectivity index (χ0) is 8.48. The summed E-state index contributed by atoms with van der Waals surface area (Å²) in [6, 6.07) is 1.12. The van der Waals surface area contributed by atoms with Crippen LogP contribution in [-0.4, -0.2) is 37.7 Å². The van der Waals surface area contributed by atoms with Gasteiger partial charge in [-0.05, 0) is 12.8 Å². The summed E-state index contributed by atoms with van der Waals surface area (Å²) in [4.78, 5) is 0. The second kappa shape index (κ2) is 4.77. The highest BCUT2D eigenvalue weighted by Crippen LogP contribution is 2.23. The lowest BCUT2D eigenvalue weighted by molar-refractivity contribution is -0.898. The van der Waals surface area contributed by atoms with Crippen molar-refractivity contribution >= 4 is 0 Å². The molecule has 0 heterocycles. The summed E-state index contributed by atoms with van der Waals surface area (Å²) in [7, 11) is 6.74. The molecule has 0 bridgehead atoms. The number of hydrogen-bond donors (Lipinski definition) is 1. The minimum atomic E-state index is 0. The van der Waals surface area contributed by atoms with E-state index in [9.17, 15) is 0 Å². The predicted molar refractivity (Wildman–Crippen MR) is 48.3 cm³/mol. The molecule has 2 unspecified atom stereocenters. The Bertz CT molecular complexity index is 131. The van der Waals surface area contributed by atoms with Gasteiger partial charge in [-0.3, -0.25) is 0 Å². The molecule has 2 N–H and O–H groups in total. The third-order valence-corrected chi connectivity index (χ3v) is 2.78. The van der Waals surface area contributed by atoms with Gasteiger partial charge in [0.2, 0.25) is 0 Å². The number of likely N-dealkylation sites (N-methyl/N-ethyl adjacent to an activating group) is 1. The van der Waals surface area contributed by atoms with Gasteiger partial charge >= 0.3 is 0 Å². The van der Waals surface area contributed by atoms with Crippen LogP contribution in [0.1, 0.15) is 25.7 Å². The van der Waals surface area contributed by atoms with Gasteiger partial charge in [0.05, 0.1) is 27.2 Å². The second-order valence-electron chi connectivity index (χ2n) is 4.63. The van der Waals surface area contributed by atoms with Gasteiger partial charge in [-0.25, -0.2) is 0 Å². The molecule has 1 aliphatic carbocycles. The van der Waals surface area contributed by atoms with E-state index in [2.05, 4.69) is 21.1 Å². The Morgan fingerprint density at radius 3 is 1.92 bits per heavy atom. The van der Waals surface area contributed by atoms with Gasteiger partial charge in [-0.2, -0.15) is 0 Å². The number of halogens is 1. The van der Waals surface area contributed by atoms with Gasteiger partial charge < -0.3 is 34.2 Å². The third-order valence-electron chi connectivity index (χ3n) is 2.78. The van der Waals surface area contributed by atoms with Crippen LogP contribution in [0.25, 0.3) is 0 Å². The Kier molecular flexibility index (Phi) is 5.02. The highest BCUT2D eigenvalue weighted by Gasteiger charge is 2.31. The number of nitrogens with two attached hydrogens (primary N) is 1. The van der Waals surface area contributed by atoms with Crippen molar-refractivity contribution in [2.24, 2.45) is 5.73 Å². The highest BCUT2D eigenvalue weighted by molar-refractivity contribution is 4.78. The Labute approximate surface area is 93.1 Å². The van der Waals surface area contributed by atoms with E-state index in [0.717, 1.165) is 4.48 Å². The van der Waals surface area contributed by atoms with Gasteiger partial charge in [0, 0.05) is 6.42 Å². The molecule has 1 fully saturated rings. The minimum Gasteiger partial charge on any atom is -1.00 e. The lowest BCUT2D eigenvalue weighted by atomic mass is 9.89. The summed E-state index contributed by atoms with van der Waals surface area (Å²) in [5, 5.41) is 0. The fourth-order valence-electron chi connectivity index (χ4n) is 2.10. The average Bonchev–Trinajstić information content (AvgIpc) is 1.86. The Hall–Kier alpha value is 0.650. The van der Waals surface area contributed by atoms with E-state index in [1.54, 1.807) is 0 Å². The van der Waals surface area contributed by atoms with E-state index in [1.807, 2.05) is 0 Å². The summed E-state index contributed by atoms with van der Waals surface area (Å²) in [6.07, 6.45) is 5.23. The van der Waals surface area contributed by atoms with Crippen LogP contribution >= 0.6 is 0 Å². The molecule has 0 aromatic carbocycles. The smallest absolute Gasteiger partial charge is 0.104 e. The first-order valence-corrected chi connectivity index (χ1v) is 4.58. The standard InChI is InChI=1S/C9H21N2.HI/c1-11(2,3)9-7-5-4-6-8(9)10;/h8-9H,4-7,10H2,1-3H3;1H/q+1;/p-1. The molecule has 0 aliphatic heterocycles. The largest absolute Gasteiger partial charge is 1.00 e. The molecule has 2 nitrogen and oxygen atoms in total. The van der Waals surface area contributed by atoms with E-state index >= 15 is 0 Å². The Balaban J connectivity index is 0.00000121. The van der Waals surface area contributed by atoms with Crippen molar-refractivity contribution in [2.75, 3.05) is 21.1 Å². The van der Waals surface area contributed by atoms with Crippen molar-refractivity contribution in [3.05, 3.63) is 0 Å². The molecule has 0 aromatic rings. The van der Waals surface area contributed by atoms with Crippen LogP contribution in [0.3, 0.4) is 0 Å². The van der Waals surface area contributed by atoms with E-state index in [-0.39, 0.29) is 24.0 Å². The van der Waals surface area contributed by atoms with Crippen molar-refractivity contribution in [2.45, 2.75) is 37.8 Å². The Morgan fingerprint density at radius 1 is 1.08 bits per heavy atom. The first kappa shape index (κ1) is 12.7. The summed E-state index contributed by atoms with van der Waals surface area (Å²) in [5.41, 5.74) is 6.05. The molecule has 0 radical (unpaired) electrons. The second-order valence-corrected chi connectivity index (χ2v) is 4.63. The molecule has 12 heavy (non-hydrogen) atoms. The van der Waals surface area contributed by atoms with E-state index in [1.165, 1.54) is 25.7 Å². The molecular weight excluding hydrogens is 263 g/mol. The summed E-state index contributed by atoms with van der Waals surface area (Å²) < 4.78 is 1.03. The van der Waals surface area contributed by atoms with Gasteiger partial charge in [0.25, 0.3) is 0 Å². The quantitative estimate of drug-likeness (QED) is 0.436. The number of quaternary nitrogens is 1. The fourth-order valence-corrected chi connectivity index (χ4v) is 2.10. The number of hydrogen-bond acceptors (Lipinski definition) is 1. The van der Waals surface area contributed by atoms with Crippen LogP contribution in [0.4, 0.5) is 0 Å². The molecule has 0 spiro atoms. The van der Waals surface area contributed by atoms with Crippen molar-refractivity contribution in [1.29, 1.82) is 0 Å². The Morgan fingerprint density at radius 2 is 1.58 bits per heavy atom. The van der Waals surface area contributed by atoms with E-state index < -0.39 is 0 Å². The zero-order valence-corrected chi connectivity index (χ0v) is 10.5. The third kappa shape index (κ3) is 3.18. The molecule has 74 valence electrons. The van der Waals surface area contributed by atoms with Crippen LogP contribution in [0.15, 0.2) is 0 Å². The van der Waals surface area contributed by atoms with Gasteiger partial charge in [-0.1, -0.05) is 6.42 Å². The summed E-state index contributed by atoms with van der Waals surface area (Å²) >= 11 is 0. The first-order chi connectivity index (χ1) is 5.02. The molecule has 3 heteroatoms. The molecule has 1 saturated carbocycles. The number of nitrogens with zero attached hydrogens (tertiary/aromatic N) is 1. The summed E-state index contributed by atoms with van der Waals surface area (Å²) in [5.74, 6) is 0. The number of rotatable bonds is 1. The molecule has 1 aliphatic rings. The summed E-state index contributed by atoms with van der Waals surface area (Å²) in [6.45, 7) is 0. The maximum absolute atomic E-state index is 6.05. The van der Waals surface area contributed by atoms with Gasteiger partial charge in [0.15, 0.2) is 0 Å². The minimum absolute atomic E-state index is 0. The molecular formula is C9H21IN2. The molecule has 0 saturated heterocycles. The molecule has 0 amide bonds. The van der Waals surface area contributed by atoms with Crippen LogP contribution in [0.2, 0.25) is 0 Å². The fraction of sp³-hybridized carbons (Fsp3) is 1.00. The van der Waals surface area contributed by atoms with Crippen molar-refractivity contribution in [3.8, 4) is 0 Å². The predicted octanol–water partition coefficient (Wildman–Crippen LogP) is -2.03. The van der Waals surface area contributed by atoms with Gasteiger partial charge in [0.1, 0.15) is 6.04 Å². The van der Waals surface area contributed by atoms with Crippen LogP contribution < -0.4 is 29.7 Å². The van der Waals surface area contributed by atoms with Crippen LogP contribution in [0, 0.1) is 0 Å². The average molecular weight is 284 g/mol. The van der Waals surface area contributed by atoms with Gasteiger partial charge in [-0.15, -0.1) is 0 Å². The van der Waals surface area contributed by atoms with Crippen LogP contribution in [-0.2, 0) is 0 Å². The SMILES string of the molecule is C[N+](C)(C)C1CCCCC1N.[I-]. The maximum atomic E-state index is 6.05. The zero-order valence-electron chi connectivity index (χ0n) is 8.39. The first-order valence-electron chi connectivity index (χ1n) is 4.58. The van der Waals surface area contributed by atoms with E-state index in [4.69, 9.17) is 5.73 Å². The normalized spacial score (nSPS) is 31.0. The molecule has 1 rings (SSSR count). The molecule has 2 atom stereocenters. The van der Waals surface area contributed by atoms with E-state index in [0.29, 0.717) is 12.1 Å². The topological polar surface area (TPSA) is 26.0 Å². The van der Waals surface area contributed by atoms with Crippen molar-refractivity contribution < 1.29 is 28.5 Å². The molecule has 0 aromatic heterocycles. The van der Waals surface area contributed by atoms with Crippen LogP contribution in [0.5, 0.6) is 0 Å². The van der Waals surface area contributed by atoms with Crippen molar-refractivity contribution in [3.63, 3.8) is 0 Å². The monoisotopic (exact) mass is 284 g/mol. The lowest BCUT2D eigenvalue weighted by Gasteiger charge is -2.40. The highest BCUT2D eigenvalue weighted by atomic mass is 127. The maximum Gasteiger partial charge on any atom is 0.104 e. The lowest BCUT2D eigenvalue weighted by Crippen LogP contribution is -3.00. The van der Waals surface area contributed by atoms with Crippen molar-refractivity contribution in [1.82, 2.24) is 0 Å².